The van der Waals surface area contributed by atoms with Gasteiger partial charge < -0.3 is 5.11 Å². The number of carboxylic acids is 1. The summed E-state index contributed by atoms with van der Waals surface area (Å²) in [6.45, 7) is 0.194. The zero-order chi connectivity index (χ0) is 15.5. The van der Waals surface area contributed by atoms with Crippen molar-refractivity contribution in [3.05, 3.63) is 35.9 Å². The molecule has 2 N–H and O–H groups in total. The van der Waals surface area contributed by atoms with Crippen molar-refractivity contribution >= 4 is 16.2 Å². The zero-order valence-corrected chi connectivity index (χ0v) is 12.8. The van der Waals surface area contributed by atoms with Crippen molar-refractivity contribution in [2.24, 2.45) is 5.41 Å². The van der Waals surface area contributed by atoms with Gasteiger partial charge in [0.25, 0.3) is 10.2 Å². The van der Waals surface area contributed by atoms with E-state index in [0.717, 1.165) is 12.0 Å². The van der Waals surface area contributed by atoms with Crippen LogP contribution in [0.25, 0.3) is 0 Å². The minimum atomic E-state index is -3.68. The molecule has 1 aliphatic carbocycles. The maximum atomic E-state index is 12.2. The van der Waals surface area contributed by atoms with E-state index in [1.165, 1.54) is 11.4 Å². The third-order valence-corrected chi connectivity index (χ3v) is 5.47. The standard InChI is InChI=1S/C14H20N2O4S/c1-16(10-12-6-3-2-4-7-12)21(19,20)15-11-14(13(17)18)8-5-9-14/h2-4,6-7,15H,5,8-11H2,1H3,(H,17,18). The number of carboxylic acid groups (broad SMARTS) is 1. The van der Waals surface area contributed by atoms with Crippen LogP contribution >= 0.6 is 0 Å². The maximum Gasteiger partial charge on any atom is 0.310 e. The summed E-state index contributed by atoms with van der Waals surface area (Å²) in [6, 6.07) is 9.24. The number of nitrogens with one attached hydrogen (secondary N) is 1. The van der Waals surface area contributed by atoms with Gasteiger partial charge in [-0.1, -0.05) is 36.8 Å². The van der Waals surface area contributed by atoms with Crippen molar-refractivity contribution in [2.75, 3.05) is 13.6 Å². The third kappa shape index (κ3) is 3.61. The highest BCUT2D eigenvalue weighted by molar-refractivity contribution is 7.87. The lowest BCUT2D eigenvalue weighted by Crippen LogP contribution is -2.50. The molecule has 0 aromatic heterocycles. The first-order chi connectivity index (χ1) is 9.86. The number of hydrogen-bond acceptors (Lipinski definition) is 3. The van der Waals surface area contributed by atoms with E-state index in [-0.39, 0.29) is 13.1 Å². The van der Waals surface area contributed by atoms with Gasteiger partial charge in [-0.25, -0.2) is 4.72 Å². The molecule has 21 heavy (non-hydrogen) atoms. The Morgan fingerprint density at radius 3 is 2.43 bits per heavy atom. The third-order valence-electron chi connectivity index (χ3n) is 4.02. The second kappa shape index (κ2) is 6.13. The van der Waals surface area contributed by atoms with Gasteiger partial charge in [-0.3, -0.25) is 4.79 Å². The van der Waals surface area contributed by atoms with Crippen LogP contribution in [0, 0.1) is 5.41 Å². The summed E-state index contributed by atoms with van der Waals surface area (Å²) in [5.74, 6) is -0.929. The summed E-state index contributed by atoms with van der Waals surface area (Å²) >= 11 is 0. The van der Waals surface area contributed by atoms with Crippen LogP contribution in [0.1, 0.15) is 24.8 Å². The van der Waals surface area contributed by atoms with E-state index in [4.69, 9.17) is 0 Å². The molecule has 0 saturated heterocycles. The molecule has 1 aromatic rings. The Labute approximate surface area is 125 Å². The fourth-order valence-electron chi connectivity index (χ4n) is 2.33. The lowest BCUT2D eigenvalue weighted by atomic mass is 9.69. The van der Waals surface area contributed by atoms with Crippen molar-refractivity contribution in [3.8, 4) is 0 Å². The van der Waals surface area contributed by atoms with E-state index in [2.05, 4.69) is 4.72 Å². The van der Waals surface area contributed by atoms with Crippen molar-refractivity contribution < 1.29 is 18.3 Å². The first-order valence-electron chi connectivity index (χ1n) is 6.84. The summed E-state index contributed by atoms with van der Waals surface area (Å²) in [6.07, 6.45) is 1.87. The summed E-state index contributed by atoms with van der Waals surface area (Å²) in [4.78, 5) is 11.2. The SMILES string of the molecule is CN(Cc1ccccc1)S(=O)(=O)NCC1(C(=O)O)CCC1. The van der Waals surface area contributed by atoms with Crippen molar-refractivity contribution in [1.82, 2.24) is 9.03 Å². The first-order valence-corrected chi connectivity index (χ1v) is 8.28. The van der Waals surface area contributed by atoms with Crippen LogP contribution < -0.4 is 4.72 Å². The van der Waals surface area contributed by atoms with Crippen LogP contribution in [-0.4, -0.2) is 37.4 Å². The first kappa shape index (κ1) is 15.9. The molecule has 116 valence electrons. The van der Waals surface area contributed by atoms with Gasteiger partial charge in [-0.2, -0.15) is 12.7 Å². The summed E-state index contributed by atoms with van der Waals surface area (Å²) < 4.78 is 27.9. The molecule has 1 saturated carbocycles. The fourth-order valence-corrected chi connectivity index (χ4v) is 3.33. The molecule has 1 aromatic carbocycles. The van der Waals surface area contributed by atoms with Crippen molar-refractivity contribution in [1.29, 1.82) is 0 Å². The molecule has 7 heteroatoms. The highest BCUT2D eigenvalue weighted by atomic mass is 32.2. The number of aliphatic carboxylic acids is 1. The average Bonchev–Trinajstić information content (AvgIpc) is 2.38. The lowest BCUT2D eigenvalue weighted by Gasteiger charge is -2.37. The summed E-state index contributed by atoms with van der Waals surface area (Å²) in [5.41, 5.74) is -0.0531. The molecule has 0 atom stereocenters. The minimum absolute atomic E-state index is 0.0518. The molecule has 0 radical (unpaired) electrons. The molecular formula is C14H20N2O4S. The Balaban J connectivity index is 1.96. The Morgan fingerprint density at radius 2 is 1.95 bits per heavy atom. The van der Waals surface area contributed by atoms with Crippen LogP contribution in [-0.2, 0) is 21.5 Å². The largest absolute Gasteiger partial charge is 0.481 e. The molecule has 1 aliphatic rings. The van der Waals surface area contributed by atoms with Gasteiger partial charge in [0.1, 0.15) is 0 Å². The molecule has 0 heterocycles. The Hall–Kier alpha value is -1.44. The lowest BCUT2D eigenvalue weighted by molar-refractivity contribution is -0.153. The minimum Gasteiger partial charge on any atom is -0.481 e. The van der Waals surface area contributed by atoms with E-state index in [1.54, 1.807) is 0 Å². The molecular weight excluding hydrogens is 292 g/mol. The monoisotopic (exact) mass is 312 g/mol. The highest BCUT2D eigenvalue weighted by Crippen LogP contribution is 2.40. The number of benzene rings is 1. The number of carbonyl (C=O) groups is 1. The smallest absolute Gasteiger partial charge is 0.310 e. The molecule has 6 nitrogen and oxygen atoms in total. The van der Waals surface area contributed by atoms with Gasteiger partial charge in [-0.05, 0) is 18.4 Å². The molecule has 0 bridgehead atoms. The Kier molecular flexibility index (Phi) is 4.65. The molecule has 0 aliphatic heterocycles. The van der Waals surface area contributed by atoms with E-state index in [0.29, 0.717) is 12.8 Å². The predicted octanol–water partition coefficient (Wildman–Crippen LogP) is 1.21. The van der Waals surface area contributed by atoms with Crippen molar-refractivity contribution in [2.45, 2.75) is 25.8 Å². The average molecular weight is 312 g/mol. The zero-order valence-electron chi connectivity index (χ0n) is 11.9. The van der Waals surface area contributed by atoms with Crippen LogP contribution in [0.5, 0.6) is 0 Å². The molecule has 2 rings (SSSR count). The molecule has 0 unspecified atom stereocenters. The van der Waals surface area contributed by atoms with Gasteiger partial charge in [-0.15, -0.1) is 0 Å². The number of rotatable bonds is 7. The highest BCUT2D eigenvalue weighted by Gasteiger charge is 2.45. The predicted molar refractivity (Wildman–Crippen MR) is 78.8 cm³/mol. The van der Waals surface area contributed by atoms with Crippen LogP contribution in [0.2, 0.25) is 0 Å². The van der Waals surface area contributed by atoms with Gasteiger partial charge in [0.05, 0.1) is 5.41 Å². The van der Waals surface area contributed by atoms with E-state index >= 15 is 0 Å². The second-order valence-electron chi connectivity index (χ2n) is 5.51. The number of nitrogens with zero attached hydrogens (tertiary/aromatic N) is 1. The normalized spacial score (nSPS) is 17.4. The van der Waals surface area contributed by atoms with Gasteiger partial charge in [0.2, 0.25) is 0 Å². The molecule has 1 fully saturated rings. The van der Waals surface area contributed by atoms with E-state index in [9.17, 15) is 18.3 Å². The topological polar surface area (TPSA) is 86.7 Å². The van der Waals surface area contributed by atoms with Gasteiger partial charge in [0, 0.05) is 20.1 Å². The van der Waals surface area contributed by atoms with Crippen LogP contribution in [0.3, 0.4) is 0 Å². The van der Waals surface area contributed by atoms with Gasteiger partial charge in [0.15, 0.2) is 0 Å². The molecule has 0 spiro atoms. The quantitative estimate of drug-likeness (QED) is 0.792. The second-order valence-corrected chi connectivity index (χ2v) is 7.37. The Morgan fingerprint density at radius 1 is 1.33 bits per heavy atom. The van der Waals surface area contributed by atoms with E-state index in [1.807, 2.05) is 30.3 Å². The number of hydrogen-bond donors (Lipinski definition) is 2. The maximum absolute atomic E-state index is 12.2. The molecule has 0 amide bonds. The summed E-state index contributed by atoms with van der Waals surface area (Å²) in [7, 11) is -2.21. The van der Waals surface area contributed by atoms with Crippen LogP contribution in [0.4, 0.5) is 0 Å². The summed E-state index contributed by atoms with van der Waals surface area (Å²) in [5, 5.41) is 9.21. The van der Waals surface area contributed by atoms with Gasteiger partial charge >= 0.3 is 5.97 Å². The van der Waals surface area contributed by atoms with Crippen molar-refractivity contribution in [3.63, 3.8) is 0 Å². The van der Waals surface area contributed by atoms with E-state index < -0.39 is 21.6 Å². The fraction of sp³-hybridized carbons (Fsp3) is 0.500. The Bertz CT molecular complexity index is 597. The van der Waals surface area contributed by atoms with Crippen LogP contribution in [0.15, 0.2) is 30.3 Å².